The molecule has 0 aromatic rings. The molecule has 1 aliphatic rings. The van der Waals surface area contributed by atoms with Crippen LogP contribution in [0.4, 0.5) is 0 Å². The van der Waals surface area contributed by atoms with E-state index in [2.05, 4.69) is 24.1 Å². The summed E-state index contributed by atoms with van der Waals surface area (Å²) in [5, 5.41) is 2.86. The van der Waals surface area contributed by atoms with Crippen LogP contribution in [0.5, 0.6) is 0 Å². The van der Waals surface area contributed by atoms with E-state index in [1.54, 1.807) is 6.92 Å². The molecular formula is C12H25N3O. The highest BCUT2D eigenvalue weighted by atomic mass is 16.2. The Morgan fingerprint density at radius 3 is 2.50 bits per heavy atom. The minimum Gasteiger partial charge on any atom is -0.353 e. The van der Waals surface area contributed by atoms with Crippen molar-refractivity contribution < 1.29 is 4.79 Å². The lowest BCUT2D eigenvalue weighted by Crippen LogP contribution is -2.48. The van der Waals surface area contributed by atoms with Gasteiger partial charge >= 0.3 is 0 Å². The van der Waals surface area contributed by atoms with E-state index in [0.717, 1.165) is 6.54 Å². The van der Waals surface area contributed by atoms with Crippen LogP contribution >= 0.6 is 0 Å². The molecule has 0 radical (unpaired) electrons. The van der Waals surface area contributed by atoms with Gasteiger partial charge in [-0.15, -0.1) is 0 Å². The number of nitrogens with two attached hydrogens (primary N) is 1. The van der Waals surface area contributed by atoms with Gasteiger partial charge in [-0.1, -0.05) is 6.42 Å². The van der Waals surface area contributed by atoms with Crippen LogP contribution in [0.2, 0.25) is 0 Å². The molecule has 0 aliphatic carbocycles. The van der Waals surface area contributed by atoms with E-state index >= 15 is 0 Å². The summed E-state index contributed by atoms with van der Waals surface area (Å²) in [4.78, 5) is 13.8. The predicted molar refractivity (Wildman–Crippen MR) is 66.1 cm³/mol. The fourth-order valence-corrected chi connectivity index (χ4v) is 2.38. The summed E-state index contributed by atoms with van der Waals surface area (Å²) in [5.74, 6) is -0.0580. The van der Waals surface area contributed by atoms with Crippen molar-refractivity contribution in [3.8, 4) is 0 Å². The lowest BCUT2D eigenvalue weighted by Gasteiger charge is -2.39. The maximum absolute atomic E-state index is 11.3. The third kappa shape index (κ3) is 3.76. The lowest BCUT2D eigenvalue weighted by molar-refractivity contribution is -0.122. The molecule has 0 aromatic carbocycles. The molecule has 3 N–H and O–H groups in total. The molecule has 2 unspecified atom stereocenters. The summed E-state index contributed by atoms with van der Waals surface area (Å²) in [5.41, 5.74) is 5.48. The van der Waals surface area contributed by atoms with Crippen molar-refractivity contribution in [1.29, 1.82) is 0 Å². The molecule has 94 valence electrons. The van der Waals surface area contributed by atoms with Crippen molar-refractivity contribution in [2.45, 2.75) is 58.2 Å². The van der Waals surface area contributed by atoms with Gasteiger partial charge in [0.1, 0.15) is 0 Å². The number of amides is 1. The summed E-state index contributed by atoms with van der Waals surface area (Å²) in [6, 6.07) is 0.864. The highest BCUT2D eigenvalue weighted by Crippen LogP contribution is 2.21. The number of hydrogen-bond acceptors (Lipinski definition) is 3. The molecule has 1 aliphatic heterocycles. The first-order valence-corrected chi connectivity index (χ1v) is 6.31. The molecule has 0 aromatic heterocycles. The van der Waals surface area contributed by atoms with E-state index < -0.39 is 6.04 Å². The second-order valence-electron chi connectivity index (χ2n) is 4.95. The van der Waals surface area contributed by atoms with E-state index in [-0.39, 0.29) is 5.91 Å². The SMILES string of the molecule is CC1CCCC(C)N1CCNC(=O)[C@@H](C)N. The van der Waals surface area contributed by atoms with E-state index in [0.29, 0.717) is 18.6 Å². The monoisotopic (exact) mass is 227 g/mol. The van der Waals surface area contributed by atoms with Crippen molar-refractivity contribution in [2.75, 3.05) is 13.1 Å². The van der Waals surface area contributed by atoms with Gasteiger partial charge in [0.15, 0.2) is 0 Å². The molecule has 16 heavy (non-hydrogen) atoms. The number of carbonyl (C=O) groups is 1. The van der Waals surface area contributed by atoms with Crippen molar-refractivity contribution >= 4 is 5.91 Å². The smallest absolute Gasteiger partial charge is 0.236 e. The molecular weight excluding hydrogens is 202 g/mol. The second kappa shape index (κ2) is 6.21. The fourth-order valence-electron chi connectivity index (χ4n) is 2.38. The second-order valence-corrected chi connectivity index (χ2v) is 4.95. The van der Waals surface area contributed by atoms with Crippen LogP contribution in [0.1, 0.15) is 40.0 Å². The van der Waals surface area contributed by atoms with Gasteiger partial charge < -0.3 is 11.1 Å². The molecule has 3 atom stereocenters. The molecule has 1 heterocycles. The van der Waals surface area contributed by atoms with E-state index in [1.165, 1.54) is 19.3 Å². The third-order valence-electron chi connectivity index (χ3n) is 3.46. The number of piperidine rings is 1. The number of carbonyl (C=O) groups excluding carboxylic acids is 1. The Balaban J connectivity index is 2.28. The van der Waals surface area contributed by atoms with Gasteiger partial charge in [0.05, 0.1) is 6.04 Å². The van der Waals surface area contributed by atoms with Crippen LogP contribution in [0.3, 0.4) is 0 Å². The first-order chi connectivity index (χ1) is 7.52. The Morgan fingerprint density at radius 2 is 2.00 bits per heavy atom. The van der Waals surface area contributed by atoms with Crippen LogP contribution in [0.25, 0.3) is 0 Å². The highest BCUT2D eigenvalue weighted by Gasteiger charge is 2.23. The Morgan fingerprint density at radius 1 is 1.44 bits per heavy atom. The van der Waals surface area contributed by atoms with Gasteiger partial charge in [-0.2, -0.15) is 0 Å². The maximum atomic E-state index is 11.3. The maximum Gasteiger partial charge on any atom is 0.236 e. The third-order valence-corrected chi connectivity index (χ3v) is 3.46. The minimum atomic E-state index is -0.406. The Kier molecular flexibility index (Phi) is 5.22. The quantitative estimate of drug-likeness (QED) is 0.744. The Hall–Kier alpha value is -0.610. The van der Waals surface area contributed by atoms with Gasteiger partial charge in [-0.25, -0.2) is 0 Å². The van der Waals surface area contributed by atoms with Gasteiger partial charge in [0.2, 0.25) is 5.91 Å². The van der Waals surface area contributed by atoms with E-state index in [4.69, 9.17) is 5.73 Å². The number of likely N-dealkylation sites (tertiary alicyclic amines) is 1. The van der Waals surface area contributed by atoms with Gasteiger partial charge in [0, 0.05) is 25.2 Å². The van der Waals surface area contributed by atoms with Crippen LogP contribution in [0, 0.1) is 0 Å². The predicted octanol–water partition coefficient (Wildman–Crippen LogP) is 0.713. The summed E-state index contributed by atoms with van der Waals surface area (Å²) in [6.07, 6.45) is 3.86. The average Bonchev–Trinajstić information content (AvgIpc) is 2.22. The largest absolute Gasteiger partial charge is 0.353 e. The van der Waals surface area contributed by atoms with Crippen molar-refractivity contribution in [3.05, 3.63) is 0 Å². The van der Waals surface area contributed by atoms with Crippen molar-refractivity contribution in [1.82, 2.24) is 10.2 Å². The van der Waals surface area contributed by atoms with Crippen LogP contribution in [0.15, 0.2) is 0 Å². The number of nitrogens with zero attached hydrogens (tertiary/aromatic N) is 1. The highest BCUT2D eigenvalue weighted by molar-refractivity contribution is 5.80. The van der Waals surface area contributed by atoms with Gasteiger partial charge in [-0.3, -0.25) is 9.69 Å². The normalized spacial score (nSPS) is 28.8. The van der Waals surface area contributed by atoms with Crippen molar-refractivity contribution in [3.63, 3.8) is 0 Å². The fraction of sp³-hybridized carbons (Fsp3) is 0.917. The Labute approximate surface area is 98.6 Å². The minimum absolute atomic E-state index is 0.0580. The molecule has 1 saturated heterocycles. The Bertz CT molecular complexity index is 220. The van der Waals surface area contributed by atoms with Crippen LogP contribution in [-0.2, 0) is 4.79 Å². The van der Waals surface area contributed by atoms with Gasteiger partial charge in [0.25, 0.3) is 0 Å². The molecule has 1 rings (SSSR count). The number of hydrogen-bond donors (Lipinski definition) is 2. The molecule has 1 fully saturated rings. The number of rotatable bonds is 4. The summed E-state index contributed by atoms with van der Waals surface area (Å²) in [7, 11) is 0. The summed E-state index contributed by atoms with van der Waals surface area (Å²) >= 11 is 0. The molecule has 0 bridgehead atoms. The standard InChI is InChI=1S/C12H25N3O/c1-9-5-4-6-10(2)15(9)8-7-14-12(16)11(3)13/h9-11H,4-8,13H2,1-3H3,(H,14,16)/t9?,10?,11-/m1/s1. The lowest BCUT2D eigenvalue weighted by atomic mass is 9.98. The molecule has 0 saturated carbocycles. The number of nitrogens with one attached hydrogen (secondary N) is 1. The van der Waals surface area contributed by atoms with E-state index in [1.807, 2.05) is 0 Å². The molecule has 4 heteroatoms. The molecule has 0 spiro atoms. The molecule has 4 nitrogen and oxygen atoms in total. The zero-order chi connectivity index (χ0) is 12.1. The topological polar surface area (TPSA) is 58.4 Å². The molecule has 1 amide bonds. The van der Waals surface area contributed by atoms with Crippen molar-refractivity contribution in [2.24, 2.45) is 5.73 Å². The first-order valence-electron chi connectivity index (χ1n) is 6.31. The van der Waals surface area contributed by atoms with Crippen LogP contribution < -0.4 is 11.1 Å². The first kappa shape index (κ1) is 13.5. The summed E-state index contributed by atoms with van der Waals surface area (Å²) < 4.78 is 0. The average molecular weight is 227 g/mol. The zero-order valence-electron chi connectivity index (χ0n) is 10.7. The summed E-state index contributed by atoms with van der Waals surface area (Å²) in [6.45, 7) is 7.88. The van der Waals surface area contributed by atoms with Crippen LogP contribution in [-0.4, -0.2) is 42.0 Å². The van der Waals surface area contributed by atoms with Gasteiger partial charge in [-0.05, 0) is 33.6 Å². The van der Waals surface area contributed by atoms with E-state index in [9.17, 15) is 4.79 Å². The zero-order valence-corrected chi connectivity index (χ0v) is 10.7.